The van der Waals surface area contributed by atoms with E-state index in [1.165, 1.54) is 0 Å². The molecule has 0 amide bonds. The minimum atomic E-state index is -1.44. The summed E-state index contributed by atoms with van der Waals surface area (Å²) in [5, 5.41) is 37.3. The van der Waals surface area contributed by atoms with Crippen LogP contribution >= 0.6 is 0 Å². The van der Waals surface area contributed by atoms with Gasteiger partial charge >= 0.3 is 5.97 Å². The second kappa shape index (κ2) is 4.11. The van der Waals surface area contributed by atoms with Crippen LogP contribution < -0.4 is 0 Å². The van der Waals surface area contributed by atoms with E-state index in [0.717, 1.165) is 6.08 Å². The van der Waals surface area contributed by atoms with Gasteiger partial charge in [0.2, 0.25) is 6.29 Å². The highest BCUT2D eigenvalue weighted by atomic mass is 16.6. The Morgan fingerprint density at radius 3 is 2.44 bits per heavy atom. The Morgan fingerprint density at radius 2 is 1.88 bits per heavy atom. The van der Waals surface area contributed by atoms with E-state index in [-0.39, 0.29) is 12.2 Å². The quantitative estimate of drug-likeness (QED) is 0.363. The normalized spacial score (nSPS) is 44.1. The van der Waals surface area contributed by atoms with Gasteiger partial charge in [-0.15, -0.1) is 0 Å². The predicted octanol–water partition coefficient (Wildman–Crippen LogP) is -2.73. The van der Waals surface area contributed by atoms with Crippen LogP contribution in [0, 0.1) is 0 Å². The Morgan fingerprint density at radius 1 is 1.19 bits per heavy atom. The lowest BCUT2D eigenvalue weighted by Crippen LogP contribution is -2.53. The lowest BCUT2D eigenvalue weighted by Gasteiger charge is -2.34. The molecule has 2 aliphatic rings. The molecular weight excluding hydrogens is 220 g/mol. The van der Waals surface area contributed by atoms with Crippen LogP contribution in [0.3, 0.4) is 0 Å². The molecule has 0 spiro atoms. The molecule has 1 fully saturated rings. The van der Waals surface area contributed by atoms with E-state index in [1.807, 2.05) is 0 Å². The third-order valence-corrected chi connectivity index (χ3v) is 2.59. The van der Waals surface area contributed by atoms with Crippen molar-refractivity contribution in [2.75, 3.05) is 6.61 Å². The number of rotatable bonds is 1. The Hall–Kier alpha value is -0.990. The van der Waals surface area contributed by atoms with E-state index in [2.05, 4.69) is 4.74 Å². The monoisotopic (exact) mass is 232 g/mol. The average molecular weight is 232 g/mol. The van der Waals surface area contributed by atoms with E-state index in [4.69, 9.17) is 9.84 Å². The predicted molar refractivity (Wildman–Crippen MR) is 47.9 cm³/mol. The number of hydrogen-bond donors (Lipinski definition) is 4. The lowest BCUT2D eigenvalue weighted by atomic mass is 9.95. The molecule has 2 rings (SSSR count). The number of cyclic esters (lactones) is 1. The van der Waals surface area contributed by atoms with Crippen molar-refractivity contribution < 1.29 is 34.7 Å². The van der Waals surface area contributed by atoms with Gasteiger partial charge in [0.15, 0.2) is 0 Å². The van der Waals surface area contributed by atoms with Crippen LogP contribution in [0.15, 0.2) is 11.6 Å². The summed E-state index contributed by atoms with van der Waals surface area (Å²) in [7, 11) is 0. The SMILES string of the molecule is O=C1OC(O)C=C1C1OCC(O)C(O)C1O. The maximum atomic E-state index is 11.2. The standard InChI is InChI=1S/C9H12O7/c10-4-2-15-8(7(13)6(4)12)3-1-5(11)16-9(3)14/h1,4-8,10-13H,2H2. The molecule has 0 saturated carbocycles. The summed E-state index contributed by atoms with van der Waals surface area (Å²) in [6, 6.07) is 0. The maximum Gasteiger partial charge on any atom is 0.339 e. The van der Waals surface area contributed by atoms with Gasteiger partial charge in [0.1, 0.15) is 24.4 Å². The van der Waals surface area contributed by atoms with Gasteiger partial charge in [-0.05, 0) is 6.08 Å². The van der Waals surface area contributed by atoms with Crippen LogP contribution in [0.2, 0.25) is 0 Å². The Kier molecular flexibility index (Phi) is 2.96. The van der Waals surface area contributed by atoms with Gasteiger partial charge in [-0.1, -0.05) is 0 Å². The Balaban J connectivity index is 2.16. The smallest absolute Gasteiger partial charge is 0.339 e. The topological polar surface area (TPSA) is 116 Å². The number of carbonyl (C=O) groups is 1. The highest BCUT2D eigenvalue weighted by Gasteiger charge is 2.43. The second-order valence-electron chi connectivity index (χ2n) is 3.72. The van der Waals surface area contributed by atoms with Crippen LogP contribution in [-0.4, -0.2) is 63.7 Å². The molecule has 5 atom stereocenters. The molecule has 7 heteroatoms. The van der Waals surface area contributed by atoms with Crippen molar-refractivity contribution in [1.82, 2.24) is 0 Å². The Labute approximate surface area is 90.5 Å². The first-order chi connectivity index (χ1) is 7.50. The minimum Gasteiger partial charge on any atom is -0.429 e. The van der Waals surface area contributed by atoms with Gasteiger partial charge in [-0.3, -0.25) is 0 Å². The summed E-state index contributed by atoms with van der Waals surface area (Å²) in [5.74, 6) is -0.805. The van der Waals surface area contributed by atoms with Crippen LogP contribution in [0.5, 0.6) is 0 Å². The maximum absolute atomic E-state index is 11.2. The van der Waals surface area contributed by atoms with Crippen molar-refractivity contribution in [3.63, 3.8) is 0 Å². The number of hydrogen-bond acceptors (Lipinski definition) is 7. The molecule has 0 aromatic carbocycles. The number of esters is 1. The highest BCUT2D eigenvalue weighted by Crippen LogP contribution is 2.25. The largest absolute Gasteiger partial charge is 0.429 e. The average Bonchev–Trinajstić information content (AvgIpc) is 2.55. The molecule has 0 aromatic rings. The van der Waals surface area contributed by atoms with E-state index in [1.54, 1.807) is 0 Å². The van der Waals surface area contributed by atoms with Crippen molar-refractivity contribution in [3.8, 4) is 0 Å². The summed E-state index contributed by atoms with van der Waals surface area (Å²) >= 11 is 0. The first-order valence-electron chi connectivity index (χ1n) is 4.77. The summed E-state index contributed by atoms with van der Waals surface area (Å²) < 4.78 is 9.46. The highest BCUT2D eigenvalue weighted by molar-refractivity contribution is 5.92. The van der Waals surface area contributed by atoms with Crippen LogP contribution in [-0.2, 0) is 14.3 Å². The van der Waals surface area contributed by atoms with Gasteiger partial charge in [0.05, 0.1) is 12.2 Å². The number of carbonyl (C=O) groups excluding carboxylic acids is 1. The summed E-state index contributed by atoms with van der Waals surface area (Å²) in [5.41, 5.74) is -0.0500. The zero-order chi connectivity index (χ0) is 11.9. The van der Waals surface area contributed by atoms with Crippen LogP contribution in [0.25, 0.3) is 0 Å². The summed E-state index contributed by atoms with van der Waals surface area (Å²) in [6.07, 6.45) is -5.39. The van der Waals surface area contributed by atoms with Crippen molar-refractivity contribution in [2.24, 2.45) is 0 Å². The molecule has 4 N–H and O–H groups in total. The van der Waals surface area contributed by atoms with Gasteiger partial charge in [-0.25, -0.2) is 4.79 Å². The van der Waals surface area contributed by atoms with Gasteiger partial charge in [-0.2, -0.15) is 0 Å². The summed E-state index contributed by atoms with van der Waals surface area (Å²) in [4.78, 5) is 11.2. The zero-order valence-electron chi connectivity index (χ0n) is 8.18. The molecule has 90 valence electrons. The zero-order valence-corrected chi connectivity index (χ0v) is 8.18. The molecule has 0 radical (unpaired) electrons. The third kappa shape index (κ3) is 1.83. The lowest BCUT2D eigenvalue weighted by molar-refractivity contribution is -0.180. The molecule has 1 saturated heterocycles. The molecule has 16 heavy (non-hydrogen) atoms. The fourth-order valence-electron chi connectivity index (χ4n) is 1.72. The fourth-order valence-corrected chi connectivity index (χ4v) is 1.72. The molecule has 5 unspecified atom stereocenters. The van der Waals surface area contributed by atoms with Crippen molar-refractivity contribution >= 4 is 5.97 Å². The second-order valence-corrected chi connectivity index (χ2v) is 3.72. The third-order valence-electron chi connectivity index (χ3n) is 2.59. The van der Waals surface area contributed by atoms with E-state index < -0.39 is 36.7 Å². The molecule has 2 aliphatic heterocycles. The van der Waals surface area contributed by atoms with Gasteiger partial charge in [0, 0.05) is 0 Å². The minimum absolute atomic E-state index is 0.0500. The van der Waals surface area contributed by atoms with E-state index >= 15 is 0 Å². The van der Waals surface area contributed by atoms with Crippen LogP contribution in [0.1, 0.15) is 0 Å². The molecule has 0 aromatic heterocycles. The Bertz CT molecular complexity index is 326. The molecule has 2 heterocycles. The molecule has 0 aliphatic carbocycles. The number of aliphatic hydroxyl groups excluding tert-OH is 4. The first kappa shape index (κ1) is 11.5. The number of ether oxygens (including phenoxy) is 2. The fraction of sp³-hybridized carbons (Fsp3) is 0.667. The van der Waals surface area contributed by atoms with Crippen molar-refractivity contribution in [3.05, 3.63) is 11.6 Å². The first-order valence-corrected chi connectivity index (χ1v) is 4.77. The number of aliphatic hydroxyl groups is 4. The molecular formula is C9H12O7. The molecule has 7 nitrogen and oxygen atoms in total. The van der Waals surface area contributed by atoms with E-state index in [9.17, 15) is 20.1 Å². The summed E-state index contributed by atoms with van der Waals surface area (Å²) in [6.45, 7) is -0.205. The van der Waals surface area contributed by atoms with E-state index in [0.29, 0.717) is 0 Å². The van der Waals surface area contributed by atoms with Crippen molar-refractivity contribution in [1.29, 1.82) is 0 Å². The van der Waals surface area contributed by atoms with Crippen molar-refractivity contribution in [2.45, 2.75) is 30.7 Å². The van der Waals surface area contributed by atoms with Gasteiger partial charge in [0.25, 0.3) is 0 Å². The van der Waals surface area contributed by atoms with Crippen LogP contribution in [0.4, 0.5) is 0 Å². The molecule has 0 bridgehead atoms. The van der Waals surface area contributed by atoms with Gasteiger partial charge < -0.3 is 29.9 Å².